The number of nitrogens with zero attached hydrogens (tertiary/aromatic N) is 3. The Morgan fingerprint density at radius 2 is 1.63 bits per heavy atom. The molecule has 0 aliphatic rings. The molecule has 0 unspecified atom stereocenters. The highest BCUT2D eigenvalue weighted by atomic mass is 16.2. The largest absolute Gasteiger partial charge is 0.339 e. The molecule has 4 rings (SSSR count). The van der Waals surface area contributed by atoms with Crippen molar-refractivity contribution in [2.24, 2.45) is 0 Å². The quantitative estimate of drug-likeness (QED) is 0.469. The number of aromatic nitrogens is 3. The maximum Gasteiger partial charge on any atom is 0.275 e. The minimum Gasteiger partial charge on any atom is -0.339 e. The normalized spacial score (nSPS) is 10.4. The van der Waals surface area contributed by atoms with E-state index in [2.05, 4.69) is 30.9 Å². The van der Waals surface area contributed by atoms with Crippen LogP contribution in [0.1, 0.15) is 17.4 Å². The van der Waals surface area contributed by atoms with Gasteiger partial charge in [0.1, 0.15) is 11.5 Å². The average Bonchev–Trinajstić information content (AvgIpc) is 2.74. The third kappa shape index (κ3) is 4.39. The molecule has 0 aliphatic heterocycles. The predicted octanol–water partition coefficient (Wildman–Crippen LogP) is 3.98. The fraction of sp³-hybridized carbons (Fsp3) is 0.0455. The van der Waals surface area contributed by atoms with Crippen molar-refractivity contribution in [1.82, 2.24) is 15.0 Å². The van der Waals surface area contributed by atoms with Gasteiger partial charge in [-0.25, -0.2) is 9.97 Å². The van der Waals surface area contributed by atoms with Crippen LogP contribution in [-0.2, 0) is 4.79 Å². The molecule has 148 valence electrons. The number of hydrogen-bond donors (Lipinski definition) is 3. The summed E-state index contributed by atoms with van der Waals surface area (Å²) in [5.41, 5.74) is 2.89. The van der Waals surface area contributed by atoms with Gasteiger partial charge in [0.15, 0.2) is 0 Å². The summed E-state index contributed by atoms with van der Waals surface area (Å²) in [6, 6.07) is 16.6. The van der Waals surface area contributed by atoms with Crippen molar-refractivity contribution >= 4 is 45.6 Å². The van der Waals surface area contributed by atoms with Gasteiger partial charge in [-0.3, -0.25) is 14.6 Å². The van der Waals surface area contributed by atoms with E-state index in [0.29, 0.717) is 22.7 Å². The molecule has 2 aromatic heterocycles. The van der Waals surface area contributed by atoms with Crippen molar-refractivity contribution in [2.45, 2.75) is 6.92 Å². The maximum absolute atomic E-state index is 12.6. The number of benzene rings is 2. The molecule has 2 aromatic carbocycles. The van der Waals surface area contributed by atoms with E-state index in [-0.39, 0.29) is 17.5 Å². The second-order valence-corrected chi connectivity index (χ2v) is 6.51. The molecule has 8 nitrogen and oxygen atoms in total. The number of hydrogen-bond acceptors (Lipinski definition) is 6. The molecule has 0 fully saturated rings. The van der Waals surface area contributed by atoms with Gasteiger partial charge in [-0.05, 0) is 30.3 Å². The summed E-state index contributed by atoms with van der Waals surface area (Å²) in [4.78, 5) is 36.5. The summed E-state index contributed by atoms with van der Waals surface area (Å²) in [5.74, 6) is -0.0538. The topological polar surface area (TPSA) is 109 Å². The number of pyridine rings is 1. The van der Waals surface area contributed by atoms with Gasteiger partial charge in [-0.2, -0.15) is 0 Å². The first kappa shape index (κ1) is 19.0. The fourth-order valence-corrected chi connectivity index (χ4v) is 2.93. The fourth-order valence-electron chi connectivity index (χ4n) is 2.93. The second kappa shape index (κ2) is 8.36. The Kier molecular flexibility index (Phi) is 5.29. The second-order valence-electron chi connectivity index (χ2n) is 6.51. The van der Waals surface area contributed by atoms with Crippen LogP contribution >= 0.6 is 0 Å². The zero-order valence-corrected chi connectivity index (χ0v) is 16.1. The van der Waals surface area contributed by atoms with Crippen molar-refractivity contribution in [1.29, 1.82) is 0 Å². The minimum atomic E-state index is -0.375. The van der Waals surface area contributed by atoms with E-state index in [1.54, 1.807) is 30.5 Å². The number of rotatable bonds is 5. The first-order valence-corrected chi connectivity index (χ1v) is 9.20. The third-order valence-electron chi connectivity index (χ3n) is 4.22. The van der Waals surface area contributed by atoms with Crippen LogP contribution in [0, 0.1) is 0 Å². The summed E-state index contributed by atoms with van der Waals surface area (Å²) < 4.78 is 0. The lowest BCUT2D eigenvalue weighted by Gasteiger charge is -2.09. The van der Waals surface area contributed by atoms with Gasteiger partial charge in [0, 0.05) is 29.9 Å². The highest BCUT2D eigenvalue weighted by Crippen LogP contribution is 2.22. The Morgan fingerprint density at radius 3 is 2.43 bits per heavy atom. The van der Waals surface area contributed by atoms with Crippen LogP contribution in [0.2, 0.25) is 0 Å². The summed E-state index contributed by atoms with van der Waals surface area (Å²) in [6.45, 7) is 1.45. The van der Waals surface area contributed by atoms with Crippen LogP contribution in [-0.4, -0.2) is 26.8 Å². The van der Waals surface area contributed by atoms with Crippen LogP contribution < -0.4 is 16.0 Å². The van der Waals surface area contributed by atoms with Gasteiger partial charge in [-0.1, -0.05) is 24.3 Å². The van der Waals surface area contributed by atoms with Crippen LogP contribution in [0.15, 0.2) is 73.2 Å². The Balaban J connectivity index is 1.47. The number of carbonyl (C=O) groups is 2. The zero-order valence-electron chi connectivity index (χ0n) is 16.1. The molecule has 0 saturated heterocycles. The van der Waals surface area contributed by atoms with Crippen LogP contribution in [0.5, 0.6) is 0 Å². The lowest BCUT2D eigenvalue weighted by molar-refractivity contribution is -0.114. The van der Waals surface area contributed by atoms with Gasteiger partial charge in [0.05, 0.1) is 23.6 Å². The van der Waals surface area contributed by atoms with E-state index >= 15 is 0 Å². The lowest BCUT2D eigenvalue weighted by atomic mass is 10.2. The van der Waals surface area contributed by atoms with E-state index < -0.39 is 0 Å². The van der Waals surface area contributed by atoms with Crippen LogP contribution in [0.4, 0.5) is 22.9 Å². The average molecular weight is 398 g/mol. The van der Waals surface area contributed by atoms with Crippen LogP contribution in [0.3, 0.4) is 0 Å². The lowest BCUT2D eigenvalue weighted by Crippen LogP contribution is -2.14. The molecule has 2 amide bonds. The third-order valence-corrected chi connectivity index (χ3v) is 4.22. The monoisotopic (exact) mass is 398 g/mol. The molecule has 4 aromatic rings. The van der Waals surface area contributed by atoms with Gasteiger partial charge in [0.25, 0.3) is 5.91 Å². The van der Waals surface area contributed by atoms with E-state index in [0.717, 1.165) is 11.1 Å². The number of fused-ring (bicyclic) bond motifs is 1. The van der Waals surface area contributed by atoms with Crippen molar-refractivity contribution < 1.29 is 9.59 Å². The van der Waals surface area contributed by atoms with E-state index in [1.807, 2.05) is 30.3 Å². The van der Waals surface area contributed by atoms with E-state index in [1.165, 1.54) is 19.3 Å². The number of para-hydroxylation sites is 1. The van der Waals surface area contributed by atoms with Gasteiger partial charge < -0.3 is 16.0 Å². The zero-order chi connectivity index (χ0) is 20.9. The first-order chi connectivity index (χ1) is 14.6. The maximum atomic E-state index is 12.6. The molecular weight excluding hydrogens is 380 g/mol. The molecule has 0 atom stereocenters. The molecule has 0 radical (unpaired) electrons. The minimum absolute atomic E-state index is 0.149. The van der Waals surface area contributed by atoms with Crippen molar-refractivity contribution in [3.63, 3.8) is 0 Å². The summed E-state index contributed by atoms with van der Waals surface area (Å²) in [7, 11) is 0. The van der Waals surface area contributed by atoms with Gasteiger partial charge >= 0.3 is 0 Å². The van der Waals surface area contributed by atoms with Crippen LogP contribution in [0.25, 0.3) is 10.9 Å². The molecule has 30 heavy (non-hydrogen) atoms. The van der Waals surface area contributed by atoms with Crippen molar-refractivity contribution in [3.8, 4) is 0 Å². The number of anilines is 4. The first-order valence-electron chi connectivity index (χ1n) is 9.20. The number of amides is 2. The standard InChI is InChI=1S/C22H18N6O2/c1-14(29)26-16-7-3-8-17(11-16)27-20-13-24-19(12-25-20)22(30)28-18-9-2-5-15-6-4-10-23-21(15)18/h2-13H,1H3,(H,25,27)(H,26,29)(H,28,30). The Bertz CT molecular complexity index is 1220. The van der Waals surface area contributed by atoms with E-state index in [4.69, 9.17) is 0 Å². The molecule has 2 heterocycles. The van der Waals surface area contributed by atoms with Crippen molar-refractivity contribution in [2.75, 3.05) is 16.0 Å². The Labute approximate surface area is 172 Å². The van der Waals surface area contributed by atoms with Gasteiger partial charge in [-0.15, -0.1) is 0 Å². The summed E-state index contributed by atoms with van der Waals surface area (Å²) in [6.07, 6.45) is 4.55. The molecular formula is C22H18N6O2. The van der Waals surface area contributed by atoms with E-state index in [9.17, 15) is 9.59 Å². The predicted molar refractivity (Wildman–Crippen MR) is 116 cm³/mol. The Hall–Kier alpha value is -4.33. The molecule has 0 spiro atoms. The molecule has 0 bridgehead atoms. The SMILES string of the molecule is CC(=O)Nc1cccc(Nc2cnc(C(=O)Nc3cccc4cccnc34)cn2)c1. The molecule has 0 saturated carbocycles. The number of nitrogens with one attached hydrogen (secondary N) is 3. The summed E-state index contributed by atoms with van der Waals surface area (Å²) in [5, 5.41) is 9.57. The van der Waals surface area contributed by atoms with Gasteiger partial charge in [0.2, 0.25) is 5.91 Å². The van der Waals surface area contributed by atoms with Crippen molar-refractivity contribution in [3.05, 3.63) is 78.9 Å². The number of carbonyl (C=O) groups excluding carboxylic acids is 2. The molecule has 3 N–H and O–H groups in total. The highest BCUT2D eigenvalue weighted by molar-refractivity contribution is 6.07. The molecule has 8 heteroatoms. The smallest absolute Gasteiger partial charge is 0.275 e. The highest BCUT2D eigenvalue weighted by Gasteiger charge is 2.11. The summed E-state index contributed by atoms with van der Waals surface area (Å²) >= 11 is 0. The Morgan fingerprint density at radius 1 is 0.833 bits per heavy atom. The molecule has 0 aliphatic carbocycles.